The number of aromatic nitrogens is 1. The van der Waals surface area contributed by atoms with E-state index in [1.807, 2.05) is 17.2 Å². The summed E-state index contributed by atoms with van der Waals surface area (Å²) in [5.41, 5.74) is 0.795. The number of unbranched alkanes of at least 4 members (excludes halogenated alkanes) is 2. The summed E-state index contributed by atoms with van der Waals surface area (Å²) in [4.78, 5) is 14.8. The third-order valence-electron chi connectivity index (χ3n) is 3.43. The van der Waals surface area contributed by atoms with Crippen molar-refractivity contribution in [2.24, 2.45) is 0 Å². The molecule has 1 heterocycles. The van der Waals surface area contributed by atoms with Gasteiger partial charge in [-0.1, -0.05) is 26.7 Å². The second-order valence-electron chi connectivity index (χ2n) is 5.54. The Balaban J connectivity index is 2.88. The summed E-state index contributed by atoms with van der Waals surface area (Å²) in [5.74, 6) is 0.148. The minimum absolute atomic E-state index is 0.148. The Morgan fingerprint density at radius 3 is 2.55 bits per heavy atom. The molecule has 0 unspecified atom stereocenters. The fraction of sp³-hybridized carbons (Fsp3) is 0.688. The second kappa shape index (κ2) is 8.50. The van der Waals surface area contributed by atoms with Gasteiger partial charge in [0.1, 0.15) is 5.69 Å². The molecule has 0 aromatic carbocycles. The number of hydrogen-bond acceptors (Lipinski definition) is 1. The van der Waals surface area contributed by atoms with E-state index in [4.69, 9.17) is 0 Å². The lowest BCUT2D eigenvalue weighted by Crippen LogP contribution is -2.38. The van der Waals surface area contributed by atoms with Crippen LogP contribution in [-0.2, 0) is 6.54 Å². The molecule has 3 nitrogen and oxygen atoms in total. The summed E-state index contributed by atoms with van der Waals surface area (Å²) < 4.78 is 3.04. The van der Waals surface area contributed by atoms with Gasteiger partial charge in [-0.25, -0.2) is 0 Å². The molecule has 0 saturated heterocycles. The molecule has 0 spiro atoms. The number of nitrogens with zero attached hydrogens (tertiary/aromatic N) is 2. The summed E-state index contributed by atoms with van der Waals surface area (Å²) in [6.07, 6.45) is 6.46. The monoisotopic (exact) mass is 342 g/mol. The van der Waals surface area contributed by atoms with Crippen molar-refractivity contribution in [2.45, 2.75) is 66.0 Å². The molecule has 0 fully saturated rings. The van der Waals surface area contributed by atoms with Crippen molar-refractivity contribution in [3.63, 3.8) is 0 Å². The van der Waals surface area contributed by atoms with Crippen LogP contribution in [0, 0.1) is 0 Å². The highest BCUT2D eigenvalue weighted by atomic mass is 79.9. The van der Waals surface area contributed by atoms with Crippen molar-refractivity contribution in [2.75, 3.05) is 6.54 Å². The molecule has 0 radical (unpaired) electrons. The van der Waals surface area contributed by atoms with Gasteiger partial charge in [-0.05, 0) is 48.7 Å². The molecule has 0 saturated carbocycles. The lowest BCUT2D eigenvalue weighted by Gasteiger charge is -2.27. The smallest absolute Gasteiger partial charge is 0.270 e. The van der Waals surface area contributed by atoms with Gasteiger partial charge in [-0.2, -0.15) is 0 Å². The van der Waals surface area contributed by atoms with Crippen molar-refractivity contribution < 1.29 is 4.79 Å². The van der Waals surface area contributed by atoms with E-state index in [9.17, 15) is 4.79 Å². The lowest BCUT2D eigenvalue weighted by atomic mass is 10.2. The molecule has 0 N–H and O–H groups in total. The van der Waals surface area contributed by atoms with Crippen LogP contribution in [0.1, 0.15) is 63.9 Å². The Morgan fingerprint density at radius 1 is 1.30 bits per heavy atom. The van der Waals surface area contributed by atoms with Crippen molar-refractivity contribution in [1.29, 1.82) is 0 Å². The number of carbonyl (C=O) groups excluding carboxylic acids is 1. The molecule has 0 aliphatic carbocycles. The number of rotatable bonds is 8. The average Bonchev–Trinajstić information content (AvgIpc) is 2.75. The highest BCUT2D eigenvalue weighted by Crippen LogP contribution is 2.19. The normalized spacial score (nSPS) is 11.1. The van der Waals surface area contributed by atoms with Gasteiger partial charge in [-0.3, -0.25) is 4.79 Å². The number of hydrogen-bond donors (Lipinski definition) is 0. The van der Waals surface area contributed by atoms with E-state index in [-0.39, 0.29) is 11.9 Å². The fourth-order valence-corrected chi connectivity index (χ4v) is 2.82. The largest absolute Gasteiger partial charge is 0.342 e. The molecule has 114 valence electrons. The standard InChI is InChI=1S/C16H27BrN2O/c1-5-7-8-10-19(13(3)4)16(20)15-11-14(17)12-18(15)9-6-2/h11-13H,5-10H2,1-4H3. The molecule has 20 heavy (non-hydrogen) atoms. The molecule has 1 amide bonds. The van der Waals surface area contributed by atoms with Gasteiger partial charge in [0.05, 0.1) is 0 Å². The minimum atomic E-state index is 0.148. The third-order valence-corrected chi connectivity index (χ3v) is 3.87. The maximum Gasteiger partial charge on any atom is 0.270 e. The van der Waals surface area contributed by atoms with E-state index in [1.165, 1.54) is 12.8 Å². The second-order valence-corrected chi connectivity index (χ2v) is 6.45. The van der Waals surface area contributed by atoms with Gasteiger partial charge < -0.3 is 9.47 Å². The number of carbonyl (C=O) groups is 1. The molecule has 4 heteroatoms. The van der Waals surface area contributed by atoms with Crippen LogP contribution in [0.3, 0.4) is 0 Å². The van der Waals surface area contributed by atoms with Crippen LogP contribution in [0.2, 0.25) is 0 Å². The van der Waals surface area contributed by atoms with Crippen molar-refractivity contribution in [1.82, 2.24) is 9.47 Å². The first-order chi connectivity index (χ1) is 9.51. The Bertz CT molecular complexity index is 426. The molecule has 1 aromatic rings. The highest BCUT2D eigenvalue weighted by Gasteiger charge is 2.21. The lowest BCUT2D eigenvalue weighted by molar-refractivity contribution is 0.0691. The van der Waals surface area contributed by atoms with Gasteiger partial charge in [0.15, 0.2) is 0 Å². The van der Waals surface area contributed by atoms with E-state index >= 15 is 0 Å². The van der Waals surface area contributed by atoms with E-state index in [0.717, 1.165) is 36.1 Å². The minimum Gasteiger partial charge on any atom is -0.342 e. The Labute approximate surface area is 131 Å². The zero-order valence-electron chi connectivity index (χ0n) is 13.2. The highest BCUT2D eigenvalue weighted by molar-refractivity contribution is 9.10. The van der Waals surface area contributed by atoms with Crippen LogP contribution in [0.5, 0.6) is 0 Å². The van der Waals surface area contributed by atoms with Crippen molar-refractivity contribution in [3.8, 4) is 0 Å². The Kier molecular flexibility index (Phi) is 7.35. The SMILES string of the molecule is CCCCCN(C(=O)c1cc(Br)cn1CCC)C(C)C. The summed E-state index contributed by atoms with van der Waals surface area (Å²) in [7, 11) is 0. The maximum absolute atomic E-state index is 12.8. The van der Waals surface area contributed by atoms with Gasteiger partial charge >= 0.3 is 0 Å². The summed E-state index contributed by atoms with van der Waals surface area (Å²) in [6.45, 7) is 10.2. The molecule has 0 atom stereocenters. The molecule has 0 aliphatic rings. The van der Waals surface area contributed by atoms with Crippen LogP contribution in [0.15, 0.2) is 16.7 Å². The van der Waals surface area contributed by atoms with E-state index < -0.39 is 0 Å². The summed E-state index contributed by atoms with van der Waals surface area (Å²) in [6, 6.07) is 2.18. The fourth-order valence-electron chi connectivity index (χ4n) is 2.35. The summed E-state index contributed by atoms with van der Waals surface area (Å²) in [5, 5.41) is 0. The van der Waals surface area contributed by atoms with Crippen LogP contribution >= 0.6 is 15.9 Å². The van der Waals surface area contributed by atoms with Gasteiger partial charge in [0, 0.05) is 29.8 Å². The van der Waals surface area contributed by atoms with Crippen molar-refractivity contribution in [3.05, 3.63) is 22.4 Å². The zero-order valence-corrected chi connectivity index (χ0v) is 14.7. The first kappa shape index (κ1) is 17.3. The predicted octanol–water partition coefficient (Wildman–Crippen LogP) is 4.70. The number of halogens is 1. The van der Waals surface area contributed by atoms with Crippen molar-refractivity contribution >= 4 is 21.8 Å². The Morgan fingerprint density at radius 2 is 2.00 bits per heavy atom. The molecule has 1 rings (SSSR count). The third kappa shape index (κ3) is 4.65. The van der Waals surface area contributed by atoms with Gasteiger partial charge in [0.25, 0.3) is 5.91 Å². The molecular formula is C16H27BrN2O. The molecule has 1 aromatic heterocycles. The number of amides is 1. The number of aryl methyl sites for hydroxylation is 1. The maximum atomic E-state index is 12.8. The van der Waals surface area contributed by atoms with Gasteiger partial charge in [0.2, 0.25) is 0 Å². The summed E-state index contributed by atoms with van der Waals surface area (Å²) >= 11 is 3.48. The van der Waals surface area contributed by atoms with Crippen LogP contribution in [0.25, 0.3) is 0 Å². The predicted molar refractivity (Wildman–Crippen MR) is 88.1 cm³/mol. The Hall–Kier alpha value is -0.770. The molecule has 0 bridgehead atoms. The molecule has 0 aliphatic heterocycles. The molecular weight excluding hydrogens is 316 g/mol. The van der Waals surface area contributed by atoms with E-state index in [1.54, 1.807) is 0 Å². The first-order valence-electron chi connectivity index (χ1n) is 7.67. The van der Waals surface area contributed by atoms with E-state index in [0.29, 0.717) is 0 Å². The zero-order chi connectivity index (χ0) is 15.1. The van der Waals surface area contributed by atoms with Gasteiger partial charge in [-0.15, -0.1) is 0 Å². The van der Waals surface area contributed by atoms with E-state index in [2.05, 4.69) is 48.2 Å². The van der Waals surface area contributed by atoms with Crippen LogP contribution in [0.4, 0.5) is 0 Å². The van der Waals surface area contributed by atoms with Crippen LogP contribution in [-0.4, -0.2) is 28.0 Å². The average molecular weight is 343 g/mol. The quantitative estimate of drug-likeness (QED) is 0.628. The topological polar surface area (TPSA) is 25.2 Å². The van der Waals surface area contributed by atoms with Crippen LogP contribution < -0.4 is 0 Å². The first-order valence-corrected chi connectivity index (χ1v) is 8.47.